The van der Waals surface area contributed by atoms with Gasteiger partial charge in [-0.1, -0.05) is 18.6 Å². The first kappa shape index (κ1) is 16.5. The third-order valence-corrected chi connectivity index (χ3v) is 4.18. The van der Waals surface area contributed by atoms with E-state index in [0.717, 1.165) is 30.5 Å². The Kier molecular flexibility index (Phi) is 5.55. The topological polar surface area (TPSA) is 69.6 Å². The van der Waals surface area contributed by atoms with Gasteiger partial charge in [-0.15, -0.1) is 0 Å². The smallest absolute Gasteiger partial charge is 0.226 e. The molecule has 2 unspecified atom stereocenters. The number of hydrogen-bond acceptors (Lipinski definition) is 3. The minimum Gasteiger partial charge on any atom is -0.393 e. The van der Waals surface area contributed by atoms with Gasteiger partial charge in [0.2, 0.25) is 11.8 Å². The molecule has 0 heterocycles. The van der Waals surface area contributed by atoms with Crippen LogP contribution >= 0.6 is 0 Å². The number of nitrogens with zero attached hydrogens (tertiary/aromatic N) is 1. The quantitative estimate of drug-likeness (QED) is 0.871. The van der Waals surface area contributed by atoms with E-state index >= 15 is 0 Å². The molecule has 0 aliphatic heterocycles. The number of amides is 2. The summed E-state index contributed by atoms with van der Waals surface area (Å²) in [6.07, 6.45) is 2.94. The summed E-state index contributed by atoms with van der Waals surface area (Å²) < 4.78 is 0. The Morgan fingerprint density at radius 3 is 2.50 bits per heavy atom. The minimum absolute atomic E-state index is 0.0476. The Balaban J connectivity index is 1.86. The van der Waals surface area contributed by atoms with Gasteiger partial charge in [-0.05, 0) is 30.5 Å². The van der Waals surface area contributed by atoms with Crippen LogP contribution in [0.3, 0.4) is 0 Å². The second-order valence-corrected chi connectivity index (χ2v) is 6.09. The highest BCUT2D eigenvalue weighted by atomic mass is 16.3. The average molecular weight is 304 g/mol. The molecule has 0 radical (unpaired) electrons. The molecule has 1 aromatic rings. The van der Waals surface area contributed by atoms with Crippen molar-refractivity contribution in [1.82, 2.24) is 4.90 Å². The maximum Gasteiger partial charge on any atom is 0.226 e. The van der Waals surface area contributed by atoms with Crippen LogP contribution in [0.5, 0.6) is 0 Å². The van der Waals surface area contributed by atoms with E-state index in [2.05, 4.69) is 5.32 Å². The fourth-order valence-corrected chi connectivity index (χ4v) is 2.90. The van der Waals surface area contributed by atoms with Crippen molar-refractivity contribution in [2.45, 2.75) is 38.7 Å². The maximum absolute atomic E-state index is 12.2. The number of nitrogens with one attached hydrogen (secondary N) is 1. The molecule has 0 saturated heterocycles. The average Bonchev–Trinajstić information content (AvgIpc) is 2.86. The van der Waals surface area contributed by atoms with Crippen LogP contribution < -0.4 is 5.32 Å². The van der Waals surface area contributed by atoms with Crippen molar-refractivity contribution in [2.24, 2.45) is 5.92 Å². The van der Waals surface area contributed by atoms with Crippen LogP contribution in [-0.4, -0.2) is 41.5 Å². The van der Waals surface area contributed by atoms with E-state index in [-0.39, 0.29) is 23.8 Å². The van der Waals surface area contributed by atoms with Crippen molar-refractivity contribution in [1.29, 1.82) is 0 Å². The molecule has 1 fully saturated rings. The number of anilines is 1. The van der Waals surface area contributed by atoms with Crippen LogP contribution in [-0.2, 0) is 16.0 Å². The first-order chi connectivity index (χ1) is 10.5. The summed E-state index contributed by atoms with van der Waals surface area (Å²) in [4.78, 5) is 24.9. The van der Waals surface area contributed by atoms with Crippen LogP contribution in [0.1, 0.15) is 31.7 Å². The Morgan fingerprint density at radius 2 is 1.95 bits per heavy atom. The van der Waals surface area contributed by atoms with Gasteiger partial charge in [-0.2, -0.15) is 0 Å². The first-order valence-electron chi connectivity index (χ1n) is 7.74. The zero-order valence-corrected chi connectivity index (χ0v) is 13.2. The molecule has 2 rings (SSSR count). The van der Waals surface area contributed by atoms with Crippen molar-refractivity contribution in [3.05, 3.63) is 29.8 Å². The highest BCUT2D eigenvalue weighted by Gasteiger charge is 2.27. The maximum atomic E-state index is 12.2. The lowest BCUT2D eigenvalue weighted by Gasteiger charge is -2.23. The normalized spacial score (nSPS) is 20.7. The highest BCUT2D eigenvalue weighted by Crippen LogP contribution is 2.26. The van der Waals surface area contributed by atoms with E-state index in [0.29, 0.717) is 13.0 Å². The molecule has 1 aliphatic rings. The van der Waals surface area contributed by atoms with Crippen LogP contribution in [0.25, 0.3) is 0 Å². The fraction of sp³-hybridized carbons (Fsp3) is 0.529. The number of likely N-dealkylation sites (N-methyl/N-ethyl adjacent to an activating group) is 1. The Morgan fingerprint density at radius 1 is 1.27 bits per heavy atom. The van der Waals surface area contributed by atoms with Gasteiger partial charge in [0, 0.05) is 32.1 Å². The molecule has 2 amide bonds. The molecule has 0 spiro atoms. The third kappa shape index (κ3) is 4.56. The van der Waals surface area contributed by atoms with Gasteiger partial charge in [0.1, 0.15) is 0 Å². The van der Waals surface area contributed by atoms with Crippen molar-refractivity contribution < 1.29 is 14.7 Å². The molecule has 0 bridgehead atoms. The van der Waals surface area contributed by atoms with Crippen LogP contribution in [0.4, 0.5) is 5.69 Å². The molecule has 5 nitrogen and oxygen atoms in total. The SMILES string of the molecule is CC(=O)Nc1ccc(CC(=O)N(C)CC2CCCC2O)cc1. The third-order valence-electron chi connectivity index (χ3n) is 4.18. The lowest BCUT2D eigenvalue weighted by Crippen LogP contribution is -2.35. The van der Waals surface area contributed by atoms with Crippen molar-refractivity contribution >= 4 is 17.5 Å². The predicted octanol–water partition coefficient (Wildman–Crippen LogP) is 1.81. The summed E-state index contributed by atoms with van der Waals surface area (Å²) in [5.41, 5.74) is 1.64. The van der Waals surface area contributed by atoms with Gasteiger partial charge in [0.25, 0.3) is 0 Å². The lowest BCUT2D eigenvalue weighted by molar-refractivity contribution is -0.130. The molecule has 120 valence electrons. The van der Waals surface area contributed by atoms with Crippen molar-refractivity contribution in [3.63, 3.8) is 0 Å². The van der Waals surface area contributed by atoms with E-state index < -0.39 is 0 Å². The number of rotatable bonds is 5. The van der Waals surface area contributed by atoms with Gasteiger partial charge in [-0.25, -0.2) is 0 Å². The number of carbonyl (C=O) groups excluding carboxylic acids is 2. The van der Waals surface area contributed by atoms with Crippen molar-refractivity contribution in [2.75, 3.05) is 18.9 Å². The summed E-state index contributed by atoms with van der Waals surface area (Å²) >= 11 is 0. The van der Waals surface area contributed by atoms with Crippen LogP contribution in [0.2, 0.25) is 0 Å². The first-order valence-corrected chi connectivity index (χ1v) is 7.74. The molecule has 2 N–H and O–H groups in total. The zero-order chi connectivity index (χ0) is 16.1. The number of carbonyl (C=O) groups is 2. The largest absolute Gasteiger partial charge is 0.393 e. The Bertz CT molecular complexity index is 527. The number of aliphatic hydroxyl groups is 1. The standard InChI is InChI=1S/C17H24N2O3/c1-12(20)18-15-8-6-13(7-9-15)10-17(22)19(2)11-14-4-3-5-16(14)21/h6-9,14,16,21H,3-5,10-11H2,1-2H3,(H,18,20). The van der Waals surface area contributed by atoms with E-state index in [1.54, 1.807) is 24.1 Å². The molecule has 0 aromatic heterocycles. The van der Waals surface area contributed by atoms with Gasteiger partial charge < -0.3 is 15.3 Å². The van der Waals surface area contributed by atoms with Gasteiger partial charge >= 0.3 is 0 Å². The van der Waals surface area contributed by atoms with Gasteiger partial charge in [0.15, 0.2) is 0 Å². The second-order valence-electron chi connectivity index (χ2n) is 6.09. The van der Waals surface area contributed by atoms with Crippen molar-refractivity contribution in [3.8, 4) is 0 Å². The molecular weight excluding hydrogens is 280 g/mol. The van der Waals surface area contributed by atoms with Crippen LogP contribution in [0.15, 0.2) is 24.3 Å². The molecule has 1 aromatic carbocycles. The van der Waals surface area contributed by atoms with Gasteiger partial charge in [-0.3, -0.25) is 9.59 Å². The zero-order valence-electron chi connectivity index (χ0n) is 13.2. The van der Waals surface area contributed by atoms with E-state index in [1.165, 1.54) is 6.92 Å². The number of benzene rings is 1. The highest BCUT2D eigenvalue weighted by molar-refractivity contribution is 5.88. The molecule has 5 heteroatoms. The summed E-state index contributed by atoms with van der Waals surface area (Å²) in [7, 11) is 1.79. The molecule has 22 heavy (non-hydrogen) atoms. The van der Waals surface area contributed by atoms with E-state index in [1.807, 2.05) is 12.1 Å². The molecule has 1 aliphatic carbocycles. The summed E-state index contributed by atoms with van der Waals surface area (Å²) in [6.45, 7) is 2.08. The number of hydrogen-bond donors (Lipinski definition) is 2. The molecule has 2 atom stereocenters. The molecular formula is C17H24N2O3. The monoisotopic (exact) mass is 304 g/mol. The van der Waals surface area contributed by atoms with Gasteiger partial charge in [0.05, 0.1) is 12.5 Å². The second kappa shape index (κ2) is 7.40. The van der Waals surface area contributed by atoms with E-state index in [4.69, 9.17) is 0 Å². The fourth-order valence-electron chi connectivity index (χ4n) is 2.90. The van der Waals surface area contributed by atoms with Crippen LogP contribution in [0, 0.1) is 5.92 Å². The summed E-state index contributed by atoms with van der Waals surface area (Å²) in [5, 5.41) is 12.5. The summed E-state index contributed by atoms with van der Waals surface area (Å²) in [5.74, 6) is 0.140. The summed E-state index contributed by atoms with van der Waals surface area (Å²) in [6, 6.07) is 7.29. The Hall–Kier alpha value is -1.88. The lowest BCUT2D eigenvalue weighted by atomic mass is 10.0. The van der Waals surface area contributed by atoms with E-state index in [9.17, 15) is 14.7 Å². The molecule has 1 saturated carbocycles. The Labute approximate surface area is 131 Å². The minimum atomic E-state index is -0.271. The number of aliphatic hydroxyl groups excluding tert-OH is 1. The predicted molar refractivity (Wildman–Crippen MR) is 85.4 cm³/mol.